The van der Waals surface area contributed by atoms with E-state index in [1.54, 1.807) is 6.07 Å². The van der Waals surface area contributed by atoms with E-state index in [1.807, 2.05) is 6.07 Å². The van der Waals surface area contributed by atoms with Gasteiger partial charge in [-0.15, -0.1) is 5.10 Å². The topological polar surface area (TPSA) is 79.4 Å². The number of nitrogens with zero attached hydrogens (tertiary/aromatic N) is 5. The van der Waals surface area contributed by atoms with E-state index in [9.17, 15) is 13.2 Å². The molecular formula is C15H9F3N6. The van der Waals surface area contributed by atoms with Crippen LogP contribution in [0.25, 0.3) is 5.69 Å². The lowest BCUT2D eigenvalue weighted by Crippen LogP contribution is -2.05. The summed E-state index contributed by atoms with van der Waals surface area (Å²) in [6, 6.07) is 9.67. The van der Waals surface area contributed by atoms with Gasteiger partial charge < -0.3 is 5.32 Å². The van der Waals surface area contributed by atoms with E-state index in [0.717, 1.165) is 12.1 Å². The Hall–Kier alpha value is -3.41. The lowest BCUT2D eigenvalue weighted by atomic mass is 10.2. The zero-order chi connectivity index (χ0) is 17.2. The third kappa shape index (κ3) is 3.33. The molecule has 24 heavy (non-hydrogen) atoms. The summed E-state index contributed by atoms with van der Waals surface area (Å²) in [6.45, 7) is 0. The predicted molar refractivity (Wildman–Crippen MR) is 78.6 cm³/mol. The third-order valence-corrected chi connectivity index (χ3v) is 3.09. The Morgan fingerprint density at radius 2 is 1.79 bits per heavy atom. The molecule has 120 valence electrons. The quantitative estimate of drug-likeness (QED) is 0.797. The molecule has 9 heteroatoms. The lowest BCUT2D eigenvalue weighted by Gasteiger charge is -2.07. The van der Waals surface area contributed by atoms with Crippen molar-refractivity contribution in [2.24, 2.45) is 0 Å². The SMILES string of the molecule is N#Cc1ccc(Nc2ncn(-c3ccc(C(F)(F)F)cc3)n2)cn1. The fraction of sp³-hybridized carbons (Fsp3) is 0.0667. The maximum absolute atomic E-state index is 12.6. The molecule has 2 heterocycles. The van der Waals surface area contributed by atoms with Gasteiger partial charge in [-0.3, -0.25) is 0 Å². The van der Waals surface area contributed by atoms with Gasteiger partial charge in [-0.05, 0) is 36.4 Å². The summed E-state index contributed by atoms with van der Waals surface area (Å²) in [5.74, 6) is 0.251. The molecule has 1 aromatic carbocycles. The van der Waals surface area contributed by atoms with Crippen LogP contribution < -0.4 is 5.32 Å². The second-order valence-electron chi connectivity index (χ2n) is 4.73. The van der Waals surface area contributed by atoms with Gasteiger partial charge in [0.15, 0.2) is 0 Å². The Labute approximate surface area is 134 Å². The average molecular weight is 330 g/mol. The van der Waals surface area contributed by atoms with E-state index in [-0.39, 0.29) is 11.6 Å². The number of anilines is 2. The molecule has 3 aromatic rings. The van der Waals surface area contributed by atoms with Crippen LogP contribution in [0.1, 0.15) is 11.3 Å². The van der Waals surface area contributed by atoms with E-state index < -0.39 is 11.7 Å². The van der Waals surface area contributed by atoms with Crippen molar-refractivity contribution in [3.63, 3.8) is 0 Å². The molecule has 2 aromatic heterocycles. The summed E-state index contributed by atoms with van der Waals surface area (Å²) < 4.78 is 39.0. The van der Waals surface area contributed by atoms with Gasteiger partial charge in [0.05, 0.1) is 23.1 Å². The normalized spacial score (nSPS) is 11.1. The molecule has 0 bridgehead atoms. The van der Waals surface area contributed by atoms with Gasteiger partial charge in [0, 0.05) is 0 Å². The zero-order valence-electron chi connectivity index (χ0n) is 12.0. The highest BCUT2D eigenvalue weighted by Gasteiger charge is 2.30. The minimum Gasteiger partial charge on any atom is -0.321 e. The van der Waals surface area contributed by atoms with Crippen LogP contribution in [0.15, 0.2) is 48.9 Å². The van der Waals surface area contributed by atoms with Gasteiger partial charge >= 0.3 is 6.18 Å². The Bertz CT molecular complexity index is 875. The van der Waals surface area contributed by atoms with Crippen molar-refractivity contribution in [2.75, 3.05) is 5.32 Å². The fourth-order valence-electron chi connectivity index (χ4n) is 1.91. The minimum absolute atomic E-state index is 0.251. The highest BCUT2D eigenvalue weighted by Crippen LogP contribution is 2.29. The van der Waals surface area contributed by atoms with Crippen LogP contribution in [-0.4, -0.2) is 19.7 Å². The summed E-state index contributed by atoms with van der Waals surface area (Å²) in [6.07, 6.45) is -1.55. The van der Waals surface area contributed by atoms with Crippen LogP contribution >= 0.6 is 0 Å². The van der Waals surface area contributed by atoms with Gasteiger partial charge in [0.2, 0.25) is 5.95 Å². The highest BCUT2D eigenvalue weighted by atomic mass is 19.4. The Morgan fingerprint density at radius 1 is 1.04 bits per heavy atom. The van der Waals surface area contributed by atoms with Crippen LogP contribution in [0.5, 0.6) is 0 Å². The van der Waals surface area contributed by atoms with Gasteiger partial charge in [0.25, 0.3) is 0 Å². The van der Waals surface area contributed by atoms with Gasteiger partial charge in [-0.1, -0.05) is 0 Å². The molecular weight excluding hydrogens is 321 g/mol. The molecule has 0 amide bonds. The molecule has 0 aliphatic heterocycles. The van der Waals surface area contributed by atoms with Crippen molar-refractivity contribution in [2.45, 2.75) is 6.18 Å². The maximum atomic E-state index is 12.6. The first-order valence-corrected chi connectivity index (χ1v) is 6.68. The number of nitrogens with one attached hydrogen (secondary N) is 1. The number of halogens is 3. The van der Waals surface area contributed by atoms with E-state index in [1.165, 1.54) is 35.4 Å². The van der Waals surface area contributed by atoms with E-state index in [2.05, 4.69) is 20.4 Å². The first kappa shape index (κ1) is 15.5. The van der Waals surface area contributed by atoms with Crippen molar-refractivity contribution in [3.8, 4) is 11.8 Å². The number of nitriles is 1. The van der Waals surface area contributed by atoms with Crippen molar-refractivity contribution >= 4 is 11.6 Å². The third-order valence-electron chi connectivity index (χ3n) is 3.09. The van der Waals surface area contributed by atoms with Gasteiger partial charge in [0.1, 0.15) is 18.1 Å². The number of pyridine rings is 1. The van der Waals surface area contributed by atoms with E-state index >= 15 is 0 Å². The zero-order valence-corrected chi connectivity index (χ0v) is 12.0. The van der Waals surface area contributed by atoms with Gasteiger partial charge in [-0.25, -0.2) is 9.67 Å². The summed E-state index contributed by atoms with van der Waals surface area (Å²) >= 11 is 0. The second-order valence-corrected chi connectivity index (χ2v) is 4.73. The molecule has 0 aliphatic rings. The first-order valence-electron chi connectivity index (χ1n) is 6.68. The van der Waals surface area contributed by atoms with Crippen molar-refractivity contribution < 1.29 is 13.2 Å². The number of rotatable bonds is 3. The van der Waals surface area contributed by atoms with Crippen LogP contribution in [0.3, 0.4) is 0 Å². The maximum Gasteiger partial charge on any atom is 0.416 e. The molecule has 0 unspecified atom stereocenters. The highest BCUT2D eigenvalue weighted by molar-refractivity contribution is 5.52. The summed E-state index contributed by atoms with van der Waals surface area (Å²) in [4.78, 5) is 7.93. The summed E-state index contributed by atoms with van der Waals surface area (Å²) in [5.41, 5.74) is 0.581. The van der Waals surface area contributed by atoms with Crippen LogP contribution in [0, 0.1) is 11.3 Å². The first-order chi connectivity index (χ1) is 11.5. The van der Waals surface area contributed by atoms with Gasteiger partial charge in [-0.2, -0.15) is 23.4 Å². The Kier molecular flexibility index (Phi) is 3.87. The minimum atomic E-state index is -4.38. The molecule has 1 N–H and O–H groups in total. The molecule has 6 nitrogen and oxygen atoms in total. The standard InChI is InChI=1S/C15H9F3N6/c16-15(17,18)10-1-5-13(6-2-10)24-9-21-14(23-24)22-12-4-3-11(7-19)20-8-12/h1-6,8-9H,(H,22,23). The van der Waals surface area contributed by atoms with Crippen molar-refractivity contribution in [1.29, 1.82) is 5.26 Å². The van der Waals surface area contributed by atoms with Crippen molar-refractivity contribution in [3.05, 3.63) is 60.2 Å². The van der Waals surface area contributed by atoms with Crippen LogP contribution in [-0.2, 0) is 6.18 Å². The number of aromatic nitrogens is 4. The Balaban J connectivity index is 1.76. The molecule has 0 spiro atoms. The predicted octanol–water partition coefficient (Wildman–Crippen LogP) is 3.30. The van der Waals surface area contributed by atoms with Crippen molar-refractivity contribution in [1.82, 2.24) is 19.7 Å². The lowest BCUT2D eigenvalue weighted by molar-refractivity contribution is -0.137. The molecule has 0 atom stereocenters. The Morgan fingerprint density at radius 3 is 2.38 bits per heavy atom. The monoisotopic (exact) mass is 330 g/mol. The number of hydrogen-bond donors (Lipinski definition) is 1. The molecule has 3 rings (SSSR count). The number of alkyl halides is 3. The average Bonchev–Trinajstić information content (AvgIpc) is 3.03. The van der Waals surface area contributed by atoms with Crippen LogP contribution in [0.4, 0.5) is 24.8 Å². The molecule has 0 saturated carbocycles. The van der Waals surface area contributed by atoms with Crippen LogP contribution in [0.2, 0.25) is 0 Å². The molecule has 0 radical (unpaired) electrons. The molecule has 0 fully saturated rings. The summed E-state index contributed by atoms with van der Waals surface area (Å²) in [5, 5.41) is 15.7. The van der Waals surface area contributed by atoms with E-state index in [4.69, 9.17) is 5.26 Å². The number of benzene rings is 1. The largest absolute Gasteiger partial charge is 0.416 e. The second kappa shape index (κ2) is 6.00. The molecule has 0 saturated heterocycles. The fourth-order valence-corrected chi connectivity index (χ4v) is 1.91. The van der Waals surface area contributed by atoms with E-state index in [0.29, 0.717) is 11.4 Å². The molecule has 0 aliphatic carbocycles. The number of hydrogen-bond acceptors (Lipinski definition) is 5. The summed E-state index contributed by atoms with van der Waals surface area (Å²) in [7, 11) is 0. The smallest absolute Gasteiger partial charge is 0.321 e.